The average Bonchev–Trinajstić information content (AvgIpc) is 2.63. The van der Waals surface area contributed by atoms with E-state index in [1.807, 2.05) is 0 Å². The van der Waals surface area contributed by atoms with Gasteiger partial charge in [0.15, 0.2) is 5.03 Å². The number of nitrogens with zero attached hydrogens (tertiary/aromatic N) is 1. The molecule has 0 radical (unpaired) electrons. The SMILES string of the molecule is O=S(=O)(c1ccccc1)c1ccc(S(=O)(=O)c2ccccc2)nc1. The summed E-state index contributed by atoms with van der Waals surface area (Å²) in [6.45, 7) is 0. The Morgan fingerprint density at radius 2 is 1.04 bits per heavy atom. The zero-order valence-corrected chi connectivity index (χ0v) is 14.0. The topological polar surface area (TPSA) is 81.2 Å². The van der Waals surface area contributed by atoms with E-state index >= 15 is 0 Å². The summed E-state index contributed by atoms with van der Waals surface area (Å²) in [6, 6.07) is 18.2. The normalized spacial score (nSPS) is 12.0. The lowest BCUT2D eigenvalue weighted by atomic mass is 10.4. The van der Waals surface area contributed by atoms with Crippen molar-refractivity contribution in [2.75, 3.05) is 0 Å². The first kappa shape index (κ1) is 16.4. The predicted molar refractivity (Wildman–Crippen MR) is 88.0 cm³/mol. The average molecular weight is 359 g/mol. The van der Waals surface area contributed by atoms with Crippen LogP contribution in [0.25, 0.3) is 0 Å². The molecule has 0 fully saturated rings. The molecule has 0 spiro atoms. The maximum absolute atomic E-state index is 12.5. The van der Waals surface area contributed by atoms with E-state index in [1.54, 1.807) is 36.4 Å². The summed E-state index contributed by atoms with van der Waals surface area (Å²) in [5, 5.41) is -0.194. The summed E-state index contributed by atoms with van der Waals surface area (Å²) in [7, 11) is -7.49. The fraction of sp³-hybridized carbons (Fsp3) is 0. The highest BCUT2D eigenvalue weighted by Crippen LogP contribution is 2.23. The van der Waals surface area contributed by atoms with Gasteiger partial charge in [-0.2, -0.15) is 0 Å². The van der Waals surface area contributed by atoms with E-state index in [4.69, 9.17) is 0 Å². The van der Waals surface area contributed by atoms with Crippen molar-refractivity contribution in [3.63, 3.8) is 0 Å². The highest BCUT2D eigenvalue weighted by atomic mass is 32.2. The second kappa shape index (κ2) is 6.18. The Balaban J connectivity index is 2.01. The van der Waals surface area contributed by atoms with Crippen LogP contribution >= 0.6 is 0 Å². The Hall–Kier alpha value is -2.51. The highest BCUT2D eigenvalue weighted by Gasteiger charge is 2.22. The predicted octanol–water partition coefficient (Wildman–Crippen LogP) is 2.75. The zero-order chi connectivity index (χ0) is 17.2. The molecule has 24 heavy (non-hydrogen) atoms. The van der Waals surface area contributed by atoms with Crippen molar-refractivity contribution >= 4 is 19.7 Å². The van der Waals surface area contributed by atoms with Gasteiger partial charge in [-0.3, -0.25) is 0 Å². The van der Waals surface area contributed by atoms with E-state index in [0.29, 0.717) is 0 Å². The van der Waals surface area contributed by atoms with Crippen molar-refractivity contribution in [3.05, 3.63) is 79.0 Å². The van der Waals surface area contributed by atoms with Crippen molar-refractivity contribution in [2.45, 2.75) is 19.7 Å². The Morgan fingerprint density at radius 3 is 1.50 bits per heavy atom. The first-order valence-electron chi connectivity index (χ1n) is 6.99. The van der Waals surface area contributed by atoms with Gasteiger partial charge in [0.25, 0.3) is 0 Å². The Morgan fingerprint density at radius 1 is 0.542 bits per heavy atom. The van der Waals surface area contributed by atoms with Crippen LogP contribution in [0, 0.1) is 0 Å². The van der Waals surface area contributed by atoms with Crippen LogP contribution in [-0.4, -0.2) is 21.8 Å². The molecule has 0 atom stereocenters. The lowest BCUT2D eigenvalue weighted by molar-refractivity contribution is 0.588. The fourth-order valence-corrected chi connectivity index (χ4v) is 4.56. The number of hydrogen-bond acceptors (Lipinski definition) is 5. The van der Waals surface area contributed by atoms with Crippen molar-refractivity contribution < 1.29 is 16.8 Å². The molecule has 2 aromatic carbocycles. The van der Waals surface area contributed by atoms with E-state index in [1.165, 1.54) is 36.4 Å². The van der Waals surface area contributed by atoms with Gasteiger partial charge in [0, 0.05) is 6.20 Å². The van der Waals surface area contributed by atoms with Crippen LogP contribution in [0.1, 0.15) is 0 Å². The number of aromatic nitrogens is 1. The van der Waals surface area contributed by atoms with Crippen LogP contribution < -0.4 is 0 Å². The highest BCUT2D eigenvalue weighted by molar-refractivity contribution is 7.92. The summed E-state index contributed by atoms with van der Waals surface area (Å²) in [4.78, 5) is 4.03. The third-order valence-corrected chi connectivity index (χ3v) is 6.84. The molecule has 1 aromatic heterocycles. The van der Waals surface area contributed by atoms with Crippen LogP contribution in [0.5, 0.6) is 0 Å². The van der Waals surface area contributed by atoms with Gasteiger partial charge in [-0.15, -0.1) is 0 Å². The Bertz CT molecular complexity index is 956. The van der Waals surface area contributed by atoms with Crippen LogP contribution in [0.3, 0.4) is 0 Å². The summed E-state index contributed by atoms with van der Waals surface area (Å²) in [6.07, 6.45) is 1.07. The van der Waals surface area contributed by atoms with Gasteiger partial charge in [0.1, 0.15) is 0 Å². The minimum absolute atomic E-state index is 0.0549. The maximum Gasteiger partial charge on any atom is 0.223 e. The van der Waals surface area contributed by atoms with E-state index in [9.17, 15) is 16.8 Å². The molecule has 0 aliphatic rings. The van der Waals surface area contributed by atoms with Gasteiger partial charge >= 0.3 is 0 Å². The molecule has 0 saturated carbocycles. The molecule has 0 aliphatic heterocycles. The summed E-state index contributed by atoms with van der Waals surface area (Å²) in [5.74, 6) is 0. The maximum atomic E-state index is 12.5. The molecule has 0 unspecified atom stereocenters. The third kappa shape index (κ3) is 2.95. The van der Waals surface area contributed by atoms with Crippen molar-refractivity contribution in [3.8, 4) is 0 Å². The van der Waals surface area contributed by atoms with Gasteiger partial charge in [-0.25, -0.2) is 21.8 Å². The lowest BCUT2D eigenvalue weighted by Crippen LogP contribution is -2.07. The Kier molecular flexibility index (Phi) is 4.21. The van der Waals surface area contributed by atoms with Crippen LogP contribution in [0.15, 0.2) is 98.7 Å². The van der Waals surface area contributed by atoms with Crippen LogP contribution in [-0.2, 0) is 19.7 Å². The van der Waals surface area contributed by atoms with Crippen molar-refractivity contribution in [2.24, 2.45) is 0 Å². The summed E-state index contributed by atoms with van der Waals surface area (Å²) in [5.41, 5.74) is 0. The molecular formula is C17H13NO4S2. The van der Waals surface area contributed by atoms with Crippen molar-refractivity contribution in [1.29, 1.82) is 0 Å². The van der Waals surface area contributed by atoms with Gasteiger partial charge < -0.3 is 0 Å². The number of pyridine rings is 1. The molecule has 5 nitrogen and oxygen atoms in total. The van der Waals surface area contributed by atoms with Crippen LogP contribution in [0.4, 0.5) is 0 Å². The van der Waals surface area contributed by atoms with E-state index < -0.39 is 19.7 Å². The van der Waals surface area contributed by atoms with Gasteiger partial charge in [0.2, 0.25) is 19.7 Å². The molecule has 0 bridgehead atoms. The molecule has 1 heterocycles. The minimum atomic E-state index is -3.77. The Labute approximate surface area is 140 Å². The number of hydrogen-bond donors (Lipinski definition) is 0. The molecule has 0 amide bonds. The third-order valence-electron chi connectivity index (χ3n) is 3.40. The number of sulfone groups is 2. The van der Waals surface area contributed by atoms with Crippen LogP contribution in [0.2, 0.25) is 0 Å². The smallest absolute Gasteiger partial charge is 0.223 e. The standard InChI is InChI=1S/C17H13NO4S2/c19-23(20,14-7-3-1-4-8-14)16-11-12-17(18-13-16)24(21,22)15-9-5-2-6-10-15/h1-13H. The van der Waals surface area contributed by atoms with E-state index in [0.717, 1.165) is 6.20 Å². The second-order valence-electron chi connectivity index (χ2n) is 4.97. The van der Waals surface area contributed by atoms with Gasteiger partial charge in [-0.05, 0) is 36.4 Å². The van der Waals surface area contributed by atoms with Gasteiger partial charge in [-0.1, -0.05) is 36.4 Å². The molecule has 3 aromatic rings. The zero-order valence-electron chi connectivity index (χ0n) is 12.4. The molecule has 0 saturated heterocycles. The minimum Gasteiger partial charge on any atom is -0.243 e. The fourth-order valence-electron chi connectivity index (χ4n) is 2.14. The molecule has 0 aliphatic carbocycles. The summed E-state index contributed by atoms with van der Waals surface area (Å²) < 4.78 is 49.9. The summed E-state index contributed by atoms with van der Waals surface area (Å²) >= 11 is 0. The molecule has 7 heteroatoms. The largest absolute Gasteiger partial charge is 0.243 e. The monoisotopic (exact) mass is 359 g/mol. The molecule has 122 valence electrons. The van der Waals surface area contributed by atoms with Gasteiger partial charge in [0.05, 0.1) is 14.7 Å². The van der Waals surface area contributed by atoms with E-state index in [2.05, 4.69) is 4.98 Å². The molecule has 0 N–H and O–H groups in total. The molecule has 3 rings (SSSR count). The first-order valence-corrected chi connectivity index (χ1v) is 9.95. The van der Waals surface area contributed by atoms with E-state index in [-0.39, 0.29) is 19.7 Å². The quantitative estimate of drug-likeness (QED) is 0.715. The first-order chi connectivity index (χ1) is 11.4. The van der Waals surface area contributed by atoms with Crippen molar-refractivity contribution in [1.82, 2.24) is 4.98 Å². The molecular weight excluding hydrogens is 346 g/mol. The number of rotatable bonds is 4. The lowest BCUT2D eigenvalue weighted by Gasteiger charge is -2.06. The number of benzene rings is 2. The second-order valence-corrected chi connectivity index (χ2v) is 8.81.